The first-order valence-corrected chi connectivity index (χ1v) is 8.90. The van der Waals surface area contributed by atoms with Crippen molar-refractivity contribution in [2.75, 3.05) is 7.05 Å². The quantitative estimate of drug-likeness (QED) is 0.696. The predicted octanol–water partition coefficient (Wildman–Crippen LogP) is 3.26. The van der Waals surface area contributed by atoms with E-state index in [2.05, 4.69) is 15.1 Å². The van der Waals surface area contributed by atoms with Gasteiger partial charge in [-0.2, -0.15) is 5.10 Å². The molecule has 2 heterocycles. The van der Waals surface area contributed by atoms with E-state index in [4.69, 9.17) is 0 Å². The molecule has 0 atom stereocenters. The number of rotatable bonds is 5. The number of aromatic nitrogens is 4. The molecule has 4 rings (SSSR count). The number of hydrogen-bond acceptors (Lipinski definition) is 4. The van der Waals surface area contributed by atoms with Crippen molar-refractivity contribution >= 4 is 5.91 Å². The van der Waals surface area contributed by atoms with Gasteiger partial charge in [0.1, 0.15) is 11.6 Å². The molecule has 7 heteroatoms. The van der Waals surface area contributed by atoms with E-state index < -0.39 is 0 Å². The summed E-state index contributed by atoms with van der Waals surface area (Å²) < 4.78 is 14.7. The van der Waals surface area contributed by atoms with E-state index in [-0.39, 0.29) is 11.7 Å². The maximum absolute atomic E-state index is 13.1. The number of benzene rings is 1. The lowest BCUT2D eigenvalue weighted by Crippen LogP contribution is -2.27. The van der Waals surface area contributed by atoms with Crippen LogP contribution in [0.5, 0.6) is 0 Å². The molecule has 1 saturated carbocycles. The zero-order chi connectivity index (χ0) is 19.0. The van der Waals surface area contributed by atoms with Crippen molar-refractivity contribution in [1.82, 2.24) is 24.6 Å². The van der Waals surface area contributed by atoms with E-state index >= 15 is 0 Å². The van der Waals surface area contributed by atoms with Gasteiger partial charge in [0.2, 0.25) is 0 Å². The summed E-state index contributed by atoms with van der Waals surface area (Å²) in [6.45, 7) is 2.26. The van der Waals surface area contributed by atoms with Gasteiger partial charge in [0.05, 0.1) is 23.1 Å². The van der Waals surface area contributed by atoms with Crippen molar-refractivity contribution in [3.63, 3.8) is 0 Å². The average molecular weight is 365 g/mol. The maximum atomic E-state index is 13.1. The maximum Gasteiger partial charge on any atom is 0.257 e. The molecule has 0 radical (unpaired) electrons. The second kappa shape index (κ2) is 6.90. The monoisotopic (exact) mass is 365 g/mol. The number of halogens is 1. The SMILES string of the molecule is Cc1nc(C2CC2)ncc1C(=O)N(C)Cc1cnn(-c2ccc(F)cc2)c1. The van der Waals surface area contributed by atoms with E-state index in [0.29, 0.717) is 23.7 Å². The van der Waals surface area contributed by atoms with Gasteiger partial charge < -0.3 is 4.90 Å². The fourth-order valence-corrected chi connectivity index (χ4v) is 2.96. The summed E-state index contributed by atoms with van der Waals surface area (Å²) in [6, 6.07) is 6.09. The second-order valence-corrected chi connectivity index (χ2v) is 6.93. The van der Waals surface area contributed by atoms with Crippen LogP contribution in [-0.2, 0) is 6.54 Å². The summed E-state index contributed by atoms with van der Waals surface area (Å²) in [5, 5.41) is 4.29. The zero-order valence-corrected chi connectivity index (χ0v) is 15.3. The molecular formula is C20H20FN5O. The summed E-state index contributed by atoms with van der Waals surface area (Å²) in [5.41, 5.74) is 2.87. The molecule has 6 nitrogen and oxygen atoms in total. The third-order valence-corrected chi connectivity index (χ3v) is 4.66. The zero-order valence-electron chi connectivity index (χ0n) is 15.3. The fraction of sp³-hybridized carbons (Fsp3) is 0.300. The van der Waals surface area contributed by atoms with Crippen LogP contribution in [0.2, 0.25) is 0 Å². The van der Waals surface area contributed by atoms with Crippen LogP contribution in [0.3, 0.4) is 0 Å². The molecule has 0 spiro atoms. The normalized spacial score (nSPS) is 13.6. The molecule has 0 aliphatic heterocycles. The van der Waals surface area contributed by atoms with Crippen molar-refractivity contribution < 1.29 is 9.18 Å². The summed E-state index contributed by atoms with van der Waals surface area (Å²) >= 11 is 0. The largest absolute Gasteiger partial charge is 0.337 e. The molecule has 2 aromatic heterocycles. The van der Waals surface area contributed by atoms with Crippen molar-refractivity contribution in [1.29, 1.82) is 0 Å². The average Bonchev–Trinajstić information content (AvgIpc) is 3.41. The molecule has 0 saturated heterocycles. The molecule has 1 aromatic carbocycles. The smallest absolute Gasteiger partial charge is 0.257 e. The van der Waals surface area contributed by atoms with Crippen LogP contribution in [0.4, 0.5) is 4.39 Å². The standard InChI is InChI=1S/C20H20FN5O/c1-13-18(10-22-19(24-13)15-3-4-15)20(27)25(2)11-14-9-23-26(12-14)17-7-5-16(21)6-8-17/h5-10,12,15H,3-4,11H2,1-2H3. The Bertz CT molecular complexity index is 978. The molecule has 27 heavy (non-hydrogen) atoms. The fourth-order valence-electron chi connectivity index (χ4n) is 2.96. The van der Waals surface area contributed by atoms with Crippen molar-refractivity contribution in [3.8, 4) is 5.69 Å². The first kappa shape index (κ1) is 17.3. The highest BCUT2D eigenvalue weighted by atomic mass is 19.1. The van der Waals surface area contributed by atoms with Gasteiger partial charge in [-0.1, -0.05) is 0 Å². The minimum Gasteiger partial charge on any atom is -0.337 e. The number of amides is 1. The summed E-state index contributed by atoms with van der Waals surface area (Å²) in [7, 11) is 1.74. The molecule has 1 aliphatic carbocycles. The van der Waals surface area contributed by atoms with Gasteiger partial charge in [0.15, 0.2) is 0 Å². The summed E-state index contributed by atoms with van der Waals surface area (Å²) in [5.74, 6) is 0.890. The molecule has 0 N–H and O–H groups in total. The first-order chi connectivity index (χ1) is 13.0. The van der Waals surface area contributed by atoms with Crippen molar-refractivity contribution in [3.05, 3.63) is 71.3 Å². The number of nitrogens with zero attached hydrogens (tertiary/aromatic N) is 5. The van der Waals surface area contributed by atoms with Crippen LogP contribution in [0, 0.1) is 12.7 Å². The second-order valence-electron chi connectivity index (χ2n) is 6.93. The van der Waals surface area contributed by atoms with Gasteiger partial charge in [0, 0.05) is 37.5 Å². The number of carbonyl (C=O) groups excluding carboxylic acids is 1. The van der Waals surface area contributed by atoms with Crippen LogP contribution in [0.25, 0.3) is 5.69 Å². The van der Waals surface area contributed by atoms with Crippen molar-refractivity contribution in [2.24, 2.45) is 0 Å². The lowest BCUT2D eigenvalue weighted by molar-refractivity contribution is 0.0783. The van der Waals surface area contributed by atoms with Gasteiger partial charge in [-0.25, -0.2) is 19.0 Å². The Hall–Kier alpha value is -3.09. The van der Waals surface area contributed by atoms with E-state index in [1.807, 2.05) is 13.1 Å². The highest BCUT2D eigenvalue weighted by Crippen LogP contribution is 2.37. The molecule has 138 valence electrons. The molecule has 1 fully saturated rings. The van der Waals surface area contributed by atoms with Crippen LogP contribution in [-0.4, -0.2) is 37.6 Å². The molecule has 3 aromatic rings. The number of aryl methyl sites for hydroxylation is 1. The van der Waals surface area contributed by atoms with Gasteiger partial charge in [0.25, 0.3) is 5.91 Å². The summed E-state index contributed by atoms with van der Waals surface area (Å²) in [6.07, 6.45) is 7.43. The Labute approximate surface area is 156 Å². The van der Waals surface area contributed by atoms with Gasteiger partial charge >= 0.3 is 0 Å². The Morgan fingerprint density at radius 3 is 2.67 bits per heavy atom. The highest BCUT2D eigenvalue weighted by molar-refractivity contribution is 5.94. The third kappa shape index (κ3) is 3.72. The molecule has 0 unspecified atom stereocenters. The van der Waals surface area contributed by atoms with E-state index in [1.165, 1.54) is 12.1 Å². The van der Waals surface area contributed by atoms with Crippen LogP contribution in [0.1, 0.15) is 46.2 Å². The molecular weight excluding hydrogens is 345 g/mol. The van der Waals surface area contributed by atoms with E-state index in [9.17, 15) is 9.18 Å². The van der Waals surface area contributed by atoms with Gasteiger partial charge in [-0.3, -0.25) is 4.79 Å². The van der Waals surface area contributed by atoms with Crippen LogP contribution >= 0.6 is 0 Å². The molecule has 0 bridgehead atoms. The van der Waals surface area contributed by atoms with E-state index in [0.717, 1.165) is 29.9 Å². The van der Waals surface area contributed by atoms with Gasteiger partial charge in [-0.05, 0) is 44.0 Å². The third-order valence-electron chi connectivity index (χ3n) is 4.66. The molecule has 1 amide bonds. The minimum absolute atomic E-state index is 0.121. The van der Waals surface area contributed by atoms with Crippen LogP contribution < -0.4 is 0 Å². The number of hydrogen-bond donors (Lipinski definition) is 0. The van der Waals surface area contributed by atoms with Crippen LogP contribution in [0.15, 0.2) is 42.9 Å². The molecule has 1 aliphatic rings. The Morgan fingerprint density at radius 1 is 1.26 bits per heavy atom. The lowest BCUT2D eigenvalue weighted by Gasteiger charge is -2.17. The lowest BCUT2D eigenvalue weighted by atomic mass is 10.2. The van der Waals surface area contributed by atoms with E-state index in [1.54, 1.807) is 41.2 Å². The van der Waals surface area contributed by atoms with Crippen molar-refractivity contribution in [2.45, 2.75) is 32.2 Å². The number of carbonyl (C=O) groups is 1. The van der Waals surface area contributed by atoms with Gasteiger partial charge in [-0.15, -0.1) is 0 Å². The highest BCUT2D eigenvalue weighted by Gasteiger charge is 2.27. The minimum atomic E-state index is -0.290. The topological polar surface area (TPSA) is 63.9 Å². The predicted molar refractivity (Wildman–Crippen MR) is 98.1 cm³/mol. The summed E-state index contributed by atoms with van der Waals surface area (Å²) in [4.78, 5) is 23.2. The Morgan fingerprint density at radius 2 is 2.00 bits per heavy atom. The first-order valence-electron chi connectivity index (χ1n) is 8.90. The Kier molecular flexibility index (Phi) is 4.43. The Balaban J connectivity index is 1.46.